The van der Waals surface area contributed by atoms with Gasteiger partial charge in [-0.2, -0.15) is 4.98 Å². The molecule has 2 aliphatic rings. The molecule has 0 bridgehead atoms. The average Bonchev–Trinajstić information content (AvgIpc) is 3.06. The second-order valence-electron chi connectivity index (χ2n) is 6.61. The molecular formula is C19H25N5O. The van der Waals surface area contributed by atoms with E-state index in [4.69, 9.17) is 9.72 Å². The van der Waals surface area contributed by atoms with E-state index in [9.17, 15) is 0 Å². The van der Waals surface area contributed by atoms with Crippen LogP contribution in [0.1, 0.15) is 11.3 Å². The molecule has 3 heterocycles. The monoisotopic (exact) mass is 339 g/mol. The van der Waals surface area contributed by atoms with Crippen molar-refractivity contribution in [1.82, 2.24) is 14.9 Å². The molecule has 2 aromatic rings. The van der Waals surface area contributed by atoms with E-state index >= 15 is 0 Å². The summed E-state index contributed by atoms with van der Waals surface area (Å²) in [7, 11) is 0. The van der Waals surface area contributed by atoms with Gasteiger partial charge in [-0.25, -0.2) is 4.98 Å². The molecule has 0 saturated carbocycles. The number of aryl methyl sites for hydroxylation is 1. The average molecular weight is 339 g/mol. The first-order valence-corrected chi connectivity index (χ1v) is 9.05. The number of hydrogen-bond acceptors (Lipinski definition) is 6. The number of benzene rings is 1. The van der Waals surface area contributed by atoms with E-state index in [1.54, 1.807) is 0 Å². The molecule has 1 fully saturated rings. The zero-order valence-corrected chi connectivity index (χ0v) is 14.7. The first-order valence-electron chi connectivity index (χ1n) is 9.05. The normalized spacial score (nSPS) is 17.6. The zero-order valence-electron chi connectivity index (χ0n) is 14.7. The minimum absolute atomic E-state index is 0.791. The molecule has 1 N–H and O–H groups in total. The van der Waals surface area contributed by atoms with E-state index in [2.05, 4.69) is 44.4 Å². The van der Waals surface area contributed by atoms with Crippen LogP contribution < -0.4 is 10.2 Å². The largest absolute Gasteiger partial charge is 0.379 e. The van der Waals surface area contributed by atoms with Gasteiger partial charge in [-0.05, 0) is 25.0 Å². The highest BCUT2D eigenvalue weighted by Crippen LogP contribution is 2.32. The Kier molecular flexibility index (Phi) is 4.81. The molecule has 6 nitrogen and oxygen atoms in total. The first-order chi connectivity index (χ1) is 12.3. The molecule has 132 valence electrons. The van der Waals surface area contributed by atoms with Crippen molar-refractivity contribution in [2.24, 2.45) is 0 Å². The molecule has 1 saturated heterocycles. The number of nitrogens with zero attached hydrogens (tertiary/aromatic N) is 4. The molecule has 0 aliphatic carbocycles. The standard InChI is InChI=1S/C19H25N5O/c1-15-14-18(20-7-9-23-10-12-25-13-11-23)22-19(21-15)24-8-6-16-4-2-3-5-17(16)24/h2-5,14H,6-13H2,1H3,(H,20,21,22). The summed E-state index contributed by atoms with van der Waals surface area (Å²) in [4.78, 5) is 14.1. The molecule has 4 rings (SSSR count). The lowest BCUT2D eigenvalue weighted by atomic mass is 10.2. The molecule has 2 aliphatic heterocycles. The highest BCUT2D eigenvalue weighted by atomic mass is 16.5. The third-order valence-corrected chi connectivity index (χ3v) is 4.81. The van der Waals surface area contributed by atoms with Crippen molar-refractivity contribution in [3.63, 3.8) is 0 Å². The van der Waals surface area contributed by atoms with Gasteiger partial charge in [0.25, 0.3) is 0 Å². The molecule has 0 atom stereocenters. The van der Waals surface area contributed by atoms with Crippen LogP contribution in [-0.4, -0.2) is 60.8 Å². The van der Waals surface area contributed by atoms with Crippen LogP contribution in [0.2, 0.25) is 0 Å². The van der Waals surface area contributed by atoms with Crippen LogP contribution in [0.25, 0.3) is 0 Å². The third-order valence-electron chi connectivity index (χ3n) is 4.81. The van der Waals surface area contributed by atoms with E-state index in [1.807, 2.05) is 13.0 Å². The maximum atomic E-state index is 5.39. The van der Waals surface area contributed by atoms with Crippen molar-refractivity contribution in [2.45, 2.75) is 13.3 Å². The first kappa shape index (κ1) is 16.3. The molecule has 0 spiro atoms. The van der Waals surface area contributed by atoms with Crippen molar-refractivity contribution in [2.75, 3.05) is 56.2 Å². The van der Waals surface area contributed by atoms with Gasteiger partial charge in [-0.15, -0.1) is 0 Å². The Morgan fingerprint density at radius 3 is 2.84 bits per heavy atom. The Balaban J connectivity index is 1.44. The number of nitrogens with one attached hydrogen (secondary N) is 1. The van der Waals surface area contributed by atoms with Crippen molar-refractivity contribution in [3.8, 4) is 0 Å². The number of aromatic nitrogens is 2. The summed E-state index contributed by atoms with van der Waals surface area (Å²) >= 11 is 0. The van der Waals surface area contributed by atoms with Gasteiger partial charge >= 0.3 is 0 Å². The summed E-state index contributed by atoms with van der Waals surface area (Å²) in [5.41, 5.74) is 3.59. The molecule has 25 heavy (non-hydrogen) atoms. The number of morpholine rings is 1. The van der Waals surface area contributed by atoms with E-state index in [1.165, 1.54) is 11.3 Å². The van der Waals surface area contributed by atoms with Crippen LogP contribution in [0, 0.1) is 6.92 Å². The molecule has 0 radical (unpaired) electrons. The molecule has 1 aromatic carbocycles. The second-order valence-corrected chi connectivity index (χ2v) is 6.61. The molecular weight excluding hydrogens is 314 g/mol. The number of hydrogen-bond donors (Lipinski definition) is 1. The fourth-order valence-corrected chi connectivity index (χ4v) is 3.48. The molecule has 0 unspecified atom stereocenters. The lowest BCUT2D eigenvalue weighted by Crippen LogP contribution is -2.39. The Bertz CT molecular complexity index is 730. The number of fused-ring (bicyclic) bond motifs is 1. The maximum absolute atomic E-state index is 5.39. The van der Waals surface area contributed by atoms with E-state index in [0.717, 1.165) is 69.8 Å². The number of rotatable bonds is 5. The summed E-state index contributed by atoms with van der Waals surface area (Å²) in [6.45, 7) is 8.56. The van der Waals surface area contributed by atoms with Gasteiger partial charge < -0.3 is 15.0 Å². The summed E-state index contributed by atoms with van der Waals surface area (Å²) in [5.74, 6) is 1.69. The molecule has 6 heteroatoms. The van der Waals surface area contributed by atoms with E-state index in [-0.39, 0.29) is 0 Å². The van der Waals surface area contributed by atoms with Crippen molar-refractivity contribution < 1.29 is 4.74 Å². The van der Waals surface area contributed by atoms with Gasteiger partial charge in [-0.3, -0.25) is 4.90 Å². The van der Waals surface area contributed by atoms with Crippen molar-refractivity contribution >= 4 is 17.5 Å². The lowest BCUT2D eigenvalue weighted by molar-refractivity contribution is 0.0398. The van der Waals surface area contributed by atoms with Crippen LogP contribution in [0.4, 0.5) is 17.5 Å². The van der Waals surface area contributed by atoms with Gasteiger partial charge in [0.2, 0.25) is 5.95 Å². The smallest absolute Gasteiger partial charge is 0.232 e. The summed E-state index contributed by atoms with van der Waals surface area (Å²) in [6.07, 6.45) is 1.05. The fraction of sp³-hybridized carbons (Fsp3) is 0.474. The van der Waals surface area contributed by atoms with Crippen LogP contribution in [0.15, 0.2) is 30.3 Å². The Morgan fingerprint density at radius 1 is 1.12 bits per heavy atom. The van der Waals surface area contributed by atoms with Crippen LogP contribution in [-0.2, 0) is 11.2 Å². The summed E-state index contributed by atoms with van der Waals surface area (Å²) < 4.78 is 5.39. The van der Waals surface area contributed by atoms with E-state index in [0.29, 0.717) is 0 Å². The highest BCUT2D eigenvalue weighted by molar-refractivity contribution is 5.66. The minimum atomic E-state index is 0.791. The quantitative estimate of drug-likeness (QED) is 0.901. The topological polar surface area (TPSA) is 53.5 Å². The Labute approximate surface area is 148 Å². The summed E-state index contributed by atoms with van der Waals surface area (Å²) in [6, 6.07) is 10.5. The van der Waals surface area contributed by atoms with Crippen molar-refractivity contribution in [3.05, 3.63) is 41.6 Å². The SMILES string of the molecule is Cc1cc(NCCN2CCOCC2)nc(N2CCc3ccccc32)n1. The van der Waals surface area contributed by atoms with Gasteiger partial charge in [0.15, 0.2) is 0 Å². The van der Waals surface area contributed by atoms with Crippen LogP contribution in [0.3, 0.4) is 0 Å². The van der Waals surface area contributed by atoms with Gasteiger partial charge in [0.05, 0.1) is 13.2 Å². The maximum Gasteiger partial charge on any atom is 0.232 e. The molecule has 1 aromatic heterocycles. The second kappa shape index (κ2) is 7.37. The van der Waals surface area contributed by atoms with Crippen LogP contribution >= 0.6 is 0 Å². The Morgan fingerprint density at radius 2 is 1.96 bits per heavy atom. The highest BCUT2D eigenvalue weighted by Gasteiger charge is 2.22. The van der Waals surface area contributed by atoms with E-state index < -0.39 is 0 Å². The predicted octanol–water partition coefficient (Wildman–Crippen LogP) is 2.22. The Hall–Kier alpha value is -2.18. The van der Waals surface area contributed by atoms with Gasteiger partial charge in [0.1, 0.15) is 5.82 Å². The number of anilines is 3. The minimum Gasteiger partial charge on any atom is -0.379 e. The number of ether oxygens (including phenoxy) is 1. The van der Waals surface area contributed by atoms with Gasteiger partial charge in [0, 0.05) is 50.2 Å². The fourth-order valence-electron chi connectivity index (χ4n) is 3.48. The molecule has 0 amide bonds. The predicted molar refractivity (Wildman–Crippen MR) is 99.7 cm³/mol. The van der Waals surface area contributed by atoms with Crippen molar-refractivity contribution in [1.29, 1.82) is 0 Å². The van der Waals surface area contributed by atoms with Crippen LogP contribution in [0.5, 0.6) is 0 Å². The van der Waals surface area contributed by atoms with Gasteiger partial charge in [-0.1, -0.05) is 18.2 Å². The number of para-hydroxylation sites is 1. The zero-order chi connectivity index (χ0) is 17.1. The lowest BCUT2D eigenvalue weighted by Gasteiger charge is -2.26. The summed E-state index contributed by atoms with van der Waals surface area (Å²) in [5, 5.41) is 3.46. The third kappa shape index (κ3) is 3.75.